The number of rotatable bonds is 5. The Kier molecular flexibility index (Phi) is 5.49. The molecule has 9 heteroatoms. The molecule has 2 aromatic heterocycles. The van der Waals surface area contributed by atoms with Crippen molar-refractivity contribution < 1.29 is 23.0 Å². The molecule has 0 aliphatic carbocycles. The molecular weight excluding hydrogens is 496 g/mol. The summed E-state index contributed by atoms with van der Waals surface area (Å²) in [7, 11) is 0. The summed E-state index contributed by atoms with van der Waals surface area (Å²) in [6.45, 7) is 0.990. The SMILES string of the molecule is Fc1cc2[nH]c(OC3COC4CCOC43)nc2c(F)c1-c1ccc(-c2ccc(-c3nccs3)cc2)cc1. The summed E-state index contributed by atoms with van der Waals surface area (Å²) in [4.78, 5) is 11.5. The largest absolute Gasteiger partial charge is 0.456 e. The molecule has 2 fully saturated rings. The van der Waals surface area contributed by atoms with E-state index in [2.05, 4.69) is 15.0 Å². The second-order valence-corrected chi connectivity index (χ2v) is 10.0. The Balaban J connectivity index is 1.15. The molecule has 3 unspecified atom stereocenters. The molecule has 0 spiro atoms. The molecule has 0 saturated carbocycles. The van der Waals surface area contributed by atoms with Gasteiger partial charge in [-0.15, -0.1) is 11.3 Å². The molecule has 2 aliphatic heterocycles. The lowest BCUT2D eigenvalue weighted by molar-refractivity contribution is 0.0273. The lowest BCUT2D eigenvalue weighted by Crippen LogP contribution is -2.32. The molecule has 2 aliphatic rings. The smallest absolute Gasteiger partial charge is 0.295 e. The normalized spacial score (nSPS) is 21.0. The number of nitrogens with zero attached hydrogens (tertiary/aromatic N) is 2. The van der Waals surface area contributed by atoms with Gasteiger partial charge in [0.2, 0.25) is 0 Å². The van der Waals surface area contributed by atoms with E-state index in [4.69, 9.17) is 14.2 Å². The van der Waals surface area contributed by atoms with Crippen molar-refractivity contribution in [2.24, 2.45) is 0 Å². The van der Waals surface area contributed by atoms with E-state index in [1.807, 2.05) is 41.8 Å². The topological polar surface area (TPSA) is 69.3 Å². The van der Waals surface area contributed by atoms with Gasteiger partial charge in [0.05, 0.1) is 23.8 Å². The van der Waals surface area contributed by atoms with Gasteiger partial charge in [0.15, 0.2) is 11.9 Å². The fourth-order valence-electron chi connectivity index (χ4n) is 5.05. The summed E-state index contributed by atoms with van der Waals surface area (Å²) in [5.74, 6) is -1.41. The second-order valence-electron chi connectivity index (χ2n) is 9.13. The number of hydrogen-bond acceptors (Lipinski definition) is 6. The van der Waals surface area contributed by atoms with Crippen LogP contribution in [-0.4, -0.2) is 46.5 Å². The first kappa shape index (κ1) is 22.5. The standard InChI is InChI=1S/C28H21F2N3O3S/c29-19-13-20-25(33-28(32-20)36-22-14-35-21-9-11-34-26(21)22)24(30)23(19)17-5-1-15(2-6-17)16-3-7-18(8-4-16)27-31-10-12-37-27/h1-8,10,12-13,21-22,26H,9,11,14H2,(H,32,33). The zero-order chi connectivity index (χ0) is 24.9. The Morgan fingerprint density at radius 2 is 1.68 bits per heavy atom. The lowest BCUT2D eigenvalue weighted by Gasteiger charge is -2.15. The predicted molar refractivity (Wildman–Crippen MR) is 137 cm³/mol. The third-order valence-corrected chi connectivity index (χ3v) is 7.72. The van der Waals surface area contributed by atoms with Gasteiger partial charge in [-0.05, 0) is 23.1 Å². The zero-order valence-corrected chi connectivity index (χ0v) is 20.3. The van der Waals surface area contributed by atoms with E-state index in [-0.39, 0.29) is 40.9 Å². The molecule has 3 aromatic carbocycles. The Bertz CT molecular complexity index is 1570. The van der Waals surface area contributed by atoms with Crippen LogP contribution in [0.15, 0.2) is 66.2 Å². The average Bonchev–Trinajstić information content (AvgIpc) is 3.71. The van der Waals surface area contributed by atoms with E-state index in [0.717, 1.165) is 28.1 Å². The number of fused-ring (bicyclic) bond motifs is 2. The minimum Gasteiger partial charge on any atom is -0.456 e. The van der Waals surface area contributed by atoms with Crippen LogP contribution in [0.2, 0.25) is 0 Å². The molecule has 4 heterocycles. The highest BCUT2D eigenvalue weighted by atomic mass is 32.1. The molecule has 37 heavy (non-hydrogen) atoms. The van der Waals surface area contributed by atoms with Crippen molar-refractivity contribution in [1.82, 2.24) is 15.0 Å². The first-order valence-corrected chi connectivity index (χ1v) is 12.9. The van der Waals surface area contributed by atoms with E-state index in [0.29, 0.717) is 18.8 Å². The van der Waals surface area contributed by atoms with E-state index < -0.39 is 11.6 Å². The van der Waals surface area contributed by atoms with Crippen LogP contribution >= 0.6 is 11.3 Å². The van der Waals surface area contributed by atoms with Crippen LogP contribution in [0.4, 0.5) is 8.78 Å². The van der Waals surface area contributed by atoms with Crippen LogP contribution in [0.1, 0.15) is 6.42 Å². The molecule has 0 bridgehead atoms. The van der Waals surface area contributed by atoms with Gasteiger partial charge < -0.3 is 19.2 Å². The molecule has 186 valence electrons. The van der Waals surface area contributed by atoms with Crippen LogP contribution in [0.3, 0.4) is 0 Å². The molecule has 1 N–H and O–H groups in total. The van der Waals surface area contributed by atoms with Crippen molar-refractivity contribution >= 4 is 22.4 Å². The van der Waals surface area contributed by atoms with E-state index in [1.54, 1.807) is 29.7 Å². The minimum absolute atomic E-state index is 0.00840. The molecule has 2 saturated heterocycles. The van der Waals surface area contributed by atoms with Crippen LogP contribution in [0.5, 0.6) is 6.01 Å². The Labute approximate surface area is 214 Å². The number of thiazole rings is 1. The summed E-state index contributed by atoms with van der Waals surface area (Å²) >= 11 is 1.58. The summed E-state index contributed by atoms with van der Waals surface area (Å²) in [6.07, 6.45) is 2.10. The van der Waals surface area contributed by atoms with Crippen molar-refractivity contribution in [1.29, 1.82) is 0 Å². The van der Waals surface area contributed by atoms with Gasteiger partial charge in [-0.25, -0.2) is 13.8 Å². The second kappa shape index (κ2) is 9.02. The number of ether oxygens (including phenoxy) is 3. The van der Waals surface area contributed by atoms with Gasteiger partial charge in [-0.2, -0.15) is 4.98 Å². The fourth-order valence-corrected chi connectivity index (χ4v) is 5.70. The van der Waals surface area contributed by atoms with Crippen LogP contribution in [0.25, 0.3) is 43.9 Å². The summed E-state index contributed by atoms with van der Waals surface area (Å²) in [6, 6.07) is 16.6. The molecule has 5 aromatic rings. The van der Waals surface area contributed by atoms with Crippen molar-refractivity contribution in [2.75, 3.05) is 13.2 Å². The molecular formula is C28H21F2N3O3S. The quantitative estimate of drug-likeness (QED) is 0.299. The zero-order valence-electron chi connectivity index (χ0n) is 19.5. The maximum absolute atomic E-state index is 15.5. The number of nitrogens with one attached hydrogen (secondary N) is 1. The summed E-state index contributed by atoms with van der Waals surface area (Å²) < 4.78 is 47.9. The van der Waals surface area contributed by atoms with Gasteiger partial charge in [-0.3, -0.25) is 0 Å². The van der Waals surface area contributed by atoms with Gasteiger partial charge in [0.1, 0.15) is 22.4 Å². The number of hydrogen-bond donors (Lipinski definition) is 1. The van der Waals surface area contributed by atoms with E-state index >= 15 is 8.78 Å². The van der Waals surface area contributed by atoms with E-state index in [1.165, 1.54) is 6.07 Å². The summed E-state index contributed by atoms with van der Waals surface area (Å²) in [5, 5.41) is 2.90. The number of aromatic amines is 1. The fraction of sp³-hybridized carbons (Fsp3) is 0.214. The molecule has 3 atom stereocenters. The highest BCUT2D eigenvalue weighted by Crippen LogP contribution is 2.35. The minimum atomic E-state index is -0.737. The van der Waals surface area contributed by atoms with Crippen molar-refractivity contribution in [3.05, 3.63) is 77.8 Å². The maximum atomic E-state index is 15.5. The predicted octanol–water partition coefficient (Wildman–Crippen LogP) is 6.23. The monoisotopic (exact) mass is 517 g/mol. The molecule has 0 radical (unpaired) electrons. The van der Waals surface area contributed by atoms with E-state index in [9.17, 15) is 0 Å². The first-order valence-electron chi connectivity index (χ1n) is 12.0. The first-order chi connectivity index (χ1) is 18.1. The van der Waals surface area contributed by atoms with Crippen molar-refractivity contribution in [2.45, 2.75) is 24.7 Å². The number of halogens is 2. The maximum Gasteiger partial charge on any atom is 0.295 e. The number of H-pyrrole nitrogens is 1. The highest BCUT2D eigenvalue weighted by molar-refractivity contribution is 7.13. The van der Waals surface area contributed by atoms with Gasteiger partial charge in [-0.1, -0.05) is 48.5 Å². The van der Waals surface area contributed by atoms with Gasteiger partial charge in [0.25, 0.3) is 6.01 Å². The number of imidazole rings is 1. The Hall–Kier alpha value is -3.66. The summed E-state index contributed by atoms with van der Waals surface area (Å²) in [5.41, 5.74) is 3.55. The Morgan fingerprint density at radius 1 is 0.946 bits per heavy atom. The van der Waals surface area contributed by atoms with Crippen molar-refractivity contribution in [3.8, 4) is 38.8 Å². The third-order valence-electron chi connectivity index (χ3n) is 6.90. The molecule has 7 rings (SSSR count). The molecule has 6 nitrogen and oxygen atoms in total. The molecule has 0 amide bonds. The van der Waals surface area contributed by atoms with Gasteiger partial charge >= 0.3 is 0 Å². The highest BCUT2D eigenvalue weighted by Gasteiger charge is 2.43. The van der Waals surface area contributed by atoms with Crippen LogP contribution < -0.4 is 4.74 Å². The average molecular weight is 518 g/mol. The van der Waals surface area contributed by atoms with Crippen molar-refractivity contribution in [3.63, 3.8) is 0 Å². The number of benzene rings is 3. The number of aromatic nitrogens is 3. The van der Waals surface area contributed by atoms with Crippen LogP contribution in [0, 0.1) is 11.6 Å². The van der Waals surface area contributed by atoms with Gasteiger partial charge in [0, 0.05) is 29.8 Å². The Morgan fingerprint density at radius 3 is 2.41 bits per heavy atom. The lowest BCUT2D eigenvalue weighted by atomic mass is 9.98. The third kappa shape index (κ3) is 3.99. The van der Waals surface area contributed by atoms with Crippen LogP contribution in [-0.2, 0) is 9.47 Å².